The molecule has 7 nitrogen and oxygen atoms in total. The van der Waals surface area contributed by atoms with Crippen LogP contribution in [0.1, 0.15) is 0 Å². The van der Waals surface area contributed by atoms with Crippen LogP contribution in [-0.2, 0) is 15.0 Å². The van der Waals surface area contributed by atoms with E-state index in [0.717, 1.165) is 14.9 Å². The average molecular weight is 397 g/mol. The number of anilines is 1. The third-order valence-electron chi connectivity index (χ3n) is 3.90. The monoisotopic (exact) mass is 397 g/mol. The minimum atomic E-state index is -3.97. The Bertz CT molecular complexity index is 925. The maximum absolute atomic E-state index is 12.3. The number of hydrogen-bond acceptors (Lipinski definition) is 6. The van der Waals surface area contributed by atoms with Crippen LogP contribution in [0, 0.1) is 0 Å². The number of carbonyl (C=O) groups excluding carboxylic acids is 1. The predicted molar refractivity (Wildman–Crippen MR) is 101 cm³/mol. The van der Waals surface area contributed by atoms with Crippen LogP contribution in [0.5, 0.6) is 5.75 Å². The summed E-state index contributed by atoms with van der Waals surface area (Å²) in [4.78, 5) is 16.0. The van der Waals surface area contributed by atoms with E-state index in [0.29, 0.717) is 15.2 Å². The molecule has 1 N–H and O–H groups in total. The van der Waals surface area contributed by atoms with E-state index in [1.54, 1.807) is 12.3 Å². The number of benzene rings is 1. The van der Waals surface area contributed by atoms with Crippen LogP contribution in [0.2, 0.25) is 0 Å². The number of amides is 1. The number of rotatable bonds is 3. The number of aromatic hydroxyl groups is 1. The van der Waals surface area contributed by atoms with Gasteiger partial charge >= 0.3 is 10.2 Å². The standard InChI is InChI=1S/C15H16N3O4PS2/c1-17-14(20)8-18(25(17,21)22)15-11(19)5-10(6-12(15)23)9-3-4-13(24-2)16-7-9/h3-7,19H,8,23H2,1-2H3. The number of thioether (sulfide) groups is 1. The van der Waals surface area contributed by atoms with Gasteiger partial charge in [-0.1, -0.05) is 6.07 Å². The van der Waals surface area contributed by atoms with E-state index in [1.807, 2.05) is 18.4 Å². The van der Waals surface area contributed by atoms with Gasteiger partial charge in [0.05, 0.1) is 5.03 Å². The Morgan fingerprint density at radius 2 is 2.00 bits per heavy atom. The number of likely N-dealkylation sites (N-methyl/N-ethyl adjacent to an activating group) is 1. The second-order valence-electron chi connectivity index (χ2n) is 5.40. The Morgan fingerprint density at radius 3 is 2.48 bits per heavy atom. The molecule has 2 aromatic rings. The Labute approximate surface area is 152 Å². The third kappa shape index (κ3) is 3.07. The largest absolute Gasteiger partial charge is 0.506 e. The minimum absolute atomic E-state index is 0.0835. The van der Waals surface area contributed by atoms with Crippen molar-refractivity contribution in [2.45, 2.75) is 5.03 Å². The molecule has 0 radical (unpaired) electrons. The van der Waals surface area contributed by atoms with Crippen LogP contribution >= 0.6 is 21.0 Å². The molecule has 1 aromatic carbocycles. The smallest absolute Gasteiger partial charge is 0.329 e. The minimum Gasteiger partial charge on any atom is -0.506 e. The van der Waals surface area contributed by atoms with Crippen molar-refractivity contribution in [2.24, 2.45) is 0 Å². The lowest BCUT2D eigenvalue weighted by Crippen LogP contribution is -2.33. The molecule has 0 saturated carbocycles. The van der Waals surface area contributed by atoms with Gasteiger partial charge in [-0.15, -0.1) is 21.0 Å². The first-order chi connectivity index (χ1) is 11.8. The number of nitrogens with zero attached hydrogens (tertiary/aromatic N) is 3. The van der Waals surface area contributed by atoms with Crippen molar-refractivity contribution >= 4 is 48.1 Å². The fraction of sp³-hybridized carbons (Fsp3) is 0.200. The summed E-state index contributed by atoms with van der Waals surface area (Å²) in [7, 11) is -0.362. The first-order valence-corrected chi connectivity index (χ1v) is 10.4. The van der Waals surface area contributed by atoms with Crippen LogP contribution in [0.15, 0.2) is 35.5 Å². The predicted octanol–water partition coefficient (Wildman–Crippen LogP) is 1.20. The van der Waals surface area contributed by atoms with Crippen molar-refractivity contribution in [3.63, 3.8) is 0 Å². The number of aromatic nitrogens is 1. The zero-order valence-corrected chi connectivity index (χ0v) is 16.3. The quantitative estimate of drug-likeness (QED) is 0.618. The molecule has 1 atom stereocenters. The van der Waals surface area contributed by atoms with Crippen LogP contribution in [0.3, 0.4) is 0 Å². The van der Waals surface area contributed by atoms with Gasteiger partial charge in [0.2, 0.25) is 0 Å². The summed E-state index contributed by atoms with van der Waals surface area (Å²) >= 11 is 1.52. The van der Waals surface area contributed by atoms with Gasteiger partial charge in [0, 0.05) is 18.8 Å². The lowest BCUT2D eigenvalue weighted by Gasteiger charge is -2.21. The highest BCUT2D eigenvalue weighted by Crippen LogP contribution is 2.36. The fourth-order valence-corrected chi connectivity index (χ4v) is 4.78. The molecule has 0 spiro atoms. The molecule has 10 heteroatoms. The Morgan fingerprint density at radius 1 is 1.28 bits per heavy atom. The van der Waals surface area contributed by atoms with E-state index in [9.17, 15) is 18.3 Å². The molecule has 1 aromatic heterocycles. The second-order valence-corrected chi connectivity index (χ2v) is 8.73. The van der Waals surface area contributed by atoms with Gasteiger partial charge in [0.15, 0.2) is 0 Å². The van der Waals surface area contributed by atoms with E-state index in [2.05, 4.69) is 14.2 Å². The van der Waals surface area contributed by atoms with Gasteiger partial charge < -0.3 is 5.11 Å². The molecular weight excluding hydrogens is 381 g/mol. The first kappa shape index (κ1) is 18.0. The van der Waals surface area contributed by atoms with Crippen molar-refractivity contribution in [3.8, 4) is 16.9 Å². The molecule has 1 amide bonds. The maximum Gasteiger partial charge on any atom is 0.329 e. The summed E-state index contributed by atoms with van der Waals surface area (Å²) in [5.41, 5.74) is 1.57. The lowest BCUT2D eigenvalue weighted by atomic mass is 10.1. The Hall–Kier alpha value is -1.83. The second kappa shape index (κ2) is 6.48. The molecule has 0 bridgehead atoms. The van der Waals surface area contributed by atoms with Gasteiger partial charge in [-0.05, 0) is 35.3 Å². The molecule has 1 fully saturated rings. The summed E-state index contributed by atoms with van der Waals surface area (Å²) in [6, 6.07) is 6.94. The van der Waals surface area contributed by atoms with Crippen LogP contribution in [0.4, 0.5) is 5.69 Å². The van der Waals surface area contributed by atoms with Crippen LogP contribution < -0.4 is 9.61 Å². The number of hydrogen-bond donors (Lipinski definition) is 1. The van der Waals surface area contributed by atoms with Crippen molar-refractivity contribution in [1.82, 2.24) is 9.29 Å². The molecule has 132 valence electrons. The lowest BCUT2D eigenvalue weighted by molar-refractivity contribution is -0.123. The van der Waals surface area contributed by atoms with Crippen molar-refractivity contribution in [1.29, 1.82) is 0 Å². The molecule has 1 aliphatic rings. The summed E-state index contributed by atoms with van der Waals surface area (Å²) in [6.07, 6.45) is 3.62. The van der Waals surface area contributed by atoms with Gasteiger partial charge in [-0.3, -0.25) is 4.79 Å². The number of phenolic OH excluding ortho intramolecular Hbond substituents is 1. The maximum atomic E-state index is 12.3. The zero-order chi connectivity index (χ0) is 18.4. The summed E-state index contributed by atoms with van der Waals surface area (Å²) in [5, 5.41) is 11.8. The highest BCUT2D eigenvalue weighted by atomic mass is 32.2. The van der Waals surface area contributed by atoms with Gasteiger partial charge in [-0.25, -0.2) is 13.6 Å². The van der Waals surface area contributed by atoms with Crippen LogP contribution in [0.25, 0.3) is 11.1 Å². The third-order valence-corrected chi connectivity index (χ3v) is 6.77. The van der Waals surface area contributed by atoms with Crippen molar-refractivity contribution in [2.75, 3.05) is 24.2 Å². The van der Waals surface area contributed by atoms with E-state index < -0.39 is 16.1 Å². The summed E-state index contributed by atoms with van der Waals surface area (Å²) < 4.78 is 26.2. The molecule has 0 aliphatic carbocycles. The first-order valence-electron chi connectivity index (χ1n) is 7.18. The molecule has 3 rings (SSSR count). The molecule has 1 saturated heterocycles. The number of carbonyl (C=O) groups is 1. The highest BCUT2D eigenvalue weighted by Gasteiger charge is 2.41. The Balaban J connectivity index is 2.05. The van der Waals surface area contributed by atoms with Gasteiger partial charge in [0.25, 0.3) is 5.91 Å². The topological polar surface area (TPSA) is 90.8 Å². The molecule has 1 unspecified atom stereocenters. The highest BCUT2D eigenvalue weighted by molar-refractivity contribution is 7.98. The van der Waals surface area contributed by atoms with Gasteiger partial charge in [0.1, 0.15) is 18.0 Å². The summed E-state index contributed by atoms with van der Waals surface area (Å²) in [6.45, 7) is -0.336. The zero-order valence-electron chi connectivity index (χ0n) is 13.5. The average Bonchev–Trinajstić information content (AvgIpc) is 2.77. The van der Waals surface area contributed by atoms with Crippen molar-refractivity contribution in [3.05, 3.63) is 30.5 Å². The molecule has 1 aliphatic heterocycles. The molecule has 25 heavy (non-hydrogen) atoms. The summed E-state index contributed by atoms with van der Waals surface area (Å²) in [5.74, 6) is -0.771. The SMILES string of the molecule is CSc1ccc(-c2cc(O)c(N3CC(=O)N(C)S3(=O)=O)c(P)c2)cn1. The fourth-order valence-electron chi connectivity index (χ4n) is 2.53. The number of pyridine rings is 1. The van der Waals surface area contributed by atoms with E-state index >= 15 is 0 Å². The number of phenols is 1. The molecule has 2 heterocycles. The normalized spacial score (nSPS) is 16.5. The van der Waals surface area contributed by atoms with Crippen LogP contribution in [-0.4, -0.2) is 48.6 Å². The Kier molecular flexibility index (Phi) is 4.66. The van der Waals surface area contributed by atoms with E-state index in [1.165, 1.54) is 24.9 Å². The van der Waals surface area contributed by atoms with E-state index in [4.69, 9.17) is 0 Å². The van der Waals surface area contributed by atoms with E-state index in [-0.39, 0.29) is 18.0 Å². The van der Waals surface area contributed by atoms with Crippen molar-refractivity contribution < 1.29 is 18.3 Å². The van der Waals surface area contributed by atoms with Gasteiger partial charge in [-0.2, -0.15) is 8.42 Å². The molecular formula is C15H16N3O4PS2.